The second kappa shape index (κ2) is 10.9. The summed E-state index contributed by atoms with van der Waals surface area (Å²) in [5, 5.41) is 3.55. The molecule has 1 amide bonds. The van der Waals surface area contributed by atoms with Gasteiger partial charge in [-0.05, 0) is 77.7 Å². The molecule has 5 aromatic rings. The second-order valence-corrected chi connectivity index (χ2v) is 9.18. The molecule has 2 heterocycles. The Morgan fingerprint density at radius 1 is 1.00 bits per heavy atom. The molecule has 1 unspecified atom stereocenters. The van der Waals surface area contributed by atoms with Gasteiger partial charge in [-0.3, -0.25) is 4.79 Å². The van der Waals surface area contributed by atoms with Crippen molar-refractivity contribution in [3.63, 3.8) is 0 Å². The number of hydrogen-bond donors (Lipinski definition) is 3. The van der Waals surface area contributed by atoms with Crippen LogP contribution in [0.5, 0.6) is 5.75 Å². The van der Waals surface area contributed by atoms with Crippen molar-refractivity contribution in [3.8, 4) is 16.9 Å². The number of carbonyl (C=O) groups is 1. The molecule has 3 aromatic carbocycles. The lowest BCUT2D eigenvalue weighted by atomic mass is 9.95. The van der Waals surface area contributed by atoms with Gasteiger partial charge in [-0.25, -0.2) is 18.2 Å². The van der Waals surface area contributed by atoms with E-state index in [4.69, 9.17) is 10.5 Å². The van der Waals surface area contributed by atoms with Crippen molar-refractivity contribution >= 4 is 22.6 Å². The Kier molecular flexibility index (Phi) is 7.23. The summed E-state index contributed by atoms with van der Waals surface area (Å²) < 4.78 is 47.3. The lowest BCUT2D eigenvalue weighted by Gasteiger charge is -2.22. The largest absolute Gasteiger partial charge is 0.497 e. The minimum absolute atomic E-state index is 0.0381. The zero-order valence-electron chi connectivity index (χ0n) is 21.0. The summed E-state index contributed by atoms with van der Waals surface area (Å²) in [6.45, 7) is 0. The highest BCUT2D eigenvalue weighted by molar-refractivity contribution is 5.89. The standard InChI is InChI=1S/C30H25F3N4O2/c1-39-23-4-2-3-18(12-23)24-6-8-28(34)37-30(24)27(11-17-9-21(32)14-22(33)10-17)36-29(38)13-19-16-35-26-7-5-20(31)15-25(19)26/h2-10,12,14-16,27,35H,11,13H2,1H3,(H2,34,37)(H,36,38). The number of methoxy groups -OCH3 is 1. The maximum Gasteiger partial charge on any atom is 0.225 e. The van der Waals surface area contributed by atoms with Gasteiger partial charge in [-0.15, -0.1) is 0 Å². The van der Waals surface area contributed by atoms with Crippen molar-refractivity contribution in [2.24, 2.45) is 0 Å². The molecule has 39 heavy (non-hydrogen) atoms. The Bertz CT molecular complexity index is 1650. The molecule has 0 fully saturated rings. The van der Waals surface area contributed by atoms with Gasteiger partial charge < -0.3 is 20.8 Å². The number of amides is 1. The topological polar surface area (TPSA) is 93.0 Å². The van der Waals surface area contributed by atoms with E-state index in [9.17, 15) is 18.0 Å². The van der Waals surface area contributed by atoms with Gasteiger partial charge in [0.2, 0.25) is 5.91 Å². The zero-order valence-corrected chi connectivity index (χ0v) is 21.0. The third-order valence-corrected chi connectivity index (χ3v) is 6.43. The molecule has 0 spiro atoms. The van der Waals surface area contributed by atoms with E-state index in [0.29, 0.717) is 39.0 Å². The quantitative estimate of drug-likeness (QED) is 0.234. The van der Waals surface area contributed by atoms with E-state index in [1.807, 2.05) is 18.2 Å². The third-order valence-electron chi connectivity index (χ3n) is 6.43. The minimum Gasteiger partial charge on any atom is -0.497 e. The van der Waals surface area contributed by atoms with Crippen LogP contribution in [0.15, 0.2) is 79.0 Å². The molecule has 4 N–H and O–H groups in total. The van der Waals surface area contributed by atoms with Crippen LogP contribution < -0.4 is 15.8 Å². The number of H-pyrrole nitrogens is 1. The Balaban J connectivity index is 1.53. The highest BCUT2D eigenvalue weighted by atomic mass is 19.1. The molecule has 1 atom stereocenters. The number of nitrogen functional groups attached to an aromatic ring is 1. The van der Waals surface area contributed by atoms with Crippen LogP contribution in [0.25, 0.3) is 22.0 Å². The predicted molar refractivity (Wildman–Crippen MR) is 144 cm³/mol. The average Bonchev–Trinajstić information content (AvgIpc) is 3.29. The average molecular weight is 531 g/mol. The summed E-state index contributed by atoms with van der Waals surface area (Å²) in [5.74, 6) is -1.43. The molecule has 0 saturated carbocycles. The number of carbonyl (C=O) groups excluding carboxylic acids is 1. The van der Waals surface area contributed by atoms with Crippen molar-refractivity contribution in [1.82, 2.24) is 15.3 Å². The van der Waals surface area contributed by atoms with Crippen LogP contribution in [0.3, 0.4) is 0 Å². The van der Waals surface area contributed by atoms with Crippen LogP contribution in [-0.4, -0.2) is 23.0 Å². The van der Waals surface area contributed by atoms with Crippen molar-refractivity contribution in [2.45, 2.75) is 18.9 Å². The first kappa shape index (κ1) is 25.8. The Morgan fingerprint density at radius 2 is 1.79 bits per heavy atom. The number of anilines is 1. The van der Waals surface area contributed by atoms with Crippen LogP contribution in [-0.2, 0) is 17.6 Å². The van der Waals surface area contributed by atoms with Gasteiger partial charge in [0.15, 0.2) is 0 Å². The molecular formula is C30H25F3N4O2. The summed E-state index contributed by atoms with van der Waals surface area (Å²) >= 11 is 0. The first-order chi connectivity index (χ1) is 18.8. The number of ether oxygens (including phenoxy) is 1. The number of hydrogen-bond acceptors (Lipinski definition) is 4. The fourth-order valence-corrected chi connectivity index (χ4v) is 4.69. The number of aromatic amines is 1. The molecule has 5 rings (SSSR count). The molecule has 0 radical (unpaired) electrons. The number of aromatic nitrogens is 2. The third kappa shape index (κ3) is 5.87. The van der Waals surface area contributed by atoms with Gasteiger partial charge in [0.25, 0.3) is 0 Å². The SMILES string of the molecule is COc1cccc(-c2ccc(N)nc2C(Cc2cc(F)cc(F)c2)NC(=O)Cc2c[nH]c3ccc(F)cc23)c1. The highest BCUT2D eigenvalue weighted by Gasteiger charge is 2.23. The highest BCUT2D eigenvalue weighted by Crippen LogP contribution is 2.32. The number of pyridine rings is 1. The summed E-state index contributed by atoms with van der Waals surface area (Å²) in [6, 6.07) is 17.4. The first-order valence-electron chi connectivity index (χ1n) is 12.2. The lowest BCUT2D eigenvalue weighted by Crippen LogP contribution is -2.32. The maximum atomic E-state index is 14.1. The van der Waals surface area contributed by atoms with Crippen molar-refractivity contribution in [2.75, 3.05) is 12.8 Å². The Labute approximate surface area is 222 Å². The molecule has 0 bridgehead atoms. The van der Waals surface area contributed by atoms with Gasteiger partial charge in [0.1, 0.15) is 29.0 Å². The van der Waals surface area contributed by atoms with E-state index in [1.165, 1.54) is 24.3 Å². The van der Waals surface area contributed by atoms with Crippen LogP contribution in [0.2, 0.25) is 0 Å². The molecule has 0 aliphatic carbocycles. The number of fused-ring (bicyclic) bond motifs is 1. The Morgan fingerprint density at radius 3 is 2.56 bits per heavy atom. The van der Waals surface area contributed by atoms with E-state index in [-0.39, 0.29) is 24.6 Å². The number of nitrogens with one attached hydrogen (secondary N) is 2. The van der Waals surface area contributed by atoms with E-state index >= 15 is 0 Å². The van der Waals surface area contributed by atoms with Crippen LogP contribution in [0, 0.1) is 17.5 Å². The molecule has 0 saturated heterocycles. The summed E-state index contributed by atoms with van der Waals surface area (Å²) in [5.41, 5.74) is 9.52. The van der Waals surface area contributed by atoms with Crippen molar-refractivity contribution in [3.05, 3.63) is 113 Å². The van der Waals surface area contributed by atoms with Crippen LogP contribution >= 0.6 is 0 Å². The fraction of sp³-hybridized carbons (Fsp3) is 0.133. The second-order valence-electron chi connectivity index (χ2n) is 9.18. The van der Waals surface area contributed by atoms with Gasteiger partial charge in [0.05, 0.1) is 25.3 Å². The van der Waals surface area contributed by atoms with E-state index in [1.54, 1.807) is 37.6 Å². The molecule has 9 heteroatoms. The number of benzene rings is 3. The zero-order chi connectivity index (χ0) is 27.5. The normalized spacial score (nSPS) is 11.9. The van der Waals surface area contributed by atoms with Gasteiger partial charge in [-0.2, -0.15) is 0 Å². The van der Waals surface area contributed by atoms with Crippen LogP contribution in [0.4, 0.5) is 19.0 Å². The lowest BCUT2D eigenvalue weighted by molar-refractivity contribution is -0.121. The summed E-state index contributed by atoms with van der Waals surface area (Å²) in [6.07, 6.45) is 1.63. The molecule has 198 valence electrons. The van der Waals surface area contributed by atoms with E-state index < -0.39 is 23.5 Å². The minimum atomic E-state index is -0.801. The van der Waals surface area contributed by atoms with Crippen LogP contribution in [0.1, 0.15) is 22.9 Å². The molecular weight excluding hydrogens is 505 g/mol. The van der Waals surface area contributed by atoms with Gasteiger partial charge in [-0.1, -0.05) is 12.1 Å². The number of halogens is 3. The van der Waals surface area contributed by atoms with Gasteiger partial charge >= 0.3 is 0 Å². The molecule has 2 aromatic heterocycles. The van der Waals surface area contributed by atoms with Gasteiger partial charge in [0, 0.05) is 28.7 Å². The molecule has 6 nitrogen and oxygen atoms in total. The smallest absolute Gasteiger partial charge is 0.225 e. The van der Waals surface area contributed by atoms with Crippen molar-refractivity contribution in [1.29, 1.82) is 0 Å². The van der Waals surface area contributed by atoms with Crippen molar-refractivity contribution < 1.29 is 22.7 Å². The predicted octanol–water partition coefficient (Wildman–Crippen LogP) is 5.88. The number of rotatable bonds is 8. The maximum absolute atomic E-state index is 14.1. The number of nitrogens with zero attached hydrogens (tertiary/aromatic N) is 1. The van der Waals surface area contributed by atoms with E-state index in [0.717, 1.165) is 11.6 Å². The first-order valence-corrected chi connectivity index (χ1v) is 12.2. The molecule has 0 aliphatic heterocycles. The fourth-order valence-electron chi connectivity index (χ4n) is 4.69. The monoisotopic (exact) mass is 530 g/mol. The Hall–Kier alpha value is -4.79. The van der Waals surface area contributed by atoms with E-state index in [2.05, 4.69) is 15.3 Å². The molecule has 0 aliphatic rings. The summed E-state index contributed by atoms with van der Waals surface area (Å²) in [7, 11) is 1.55. The number of nitrogens with two attached hydrogens (primary N) is 1. The summed E-state index contributed by atoms with van der Waals surface area (Å²) in [4.78, 5) is 20.9.